The molecule has 0 spiro atoms. The standard InChI is InChI=1S/C24H27Cl2N3O2/c1-15-3-4-18(16(2)7-15)10-28-11-19-13-29(14-20(19)12-28)23(30)9-27-24(31)17-5-6-21(25)22(26)8-17/h3-8,19-20H,9-14H2,1-2H3,(H,27,31). The van der Waals surface area contributed by atoms with Crippen LogP contribution in [0.15, 0.2) is 36.4 Å². The van der Waals surface area contributed by atoms with Crippen molar-refractivity contribution in [3.63, 3.8) is 0 Å². The van der Waals surface area contributed by atoms with Gasteiger partial charge in [0.05, 0.1) is 16.6 Å². The van der Waals surface area contributed by atoms with Crippen LogP contribution in [0.5, 0.6) is 0 Å². The van der Waals surface area contributed by atoms with Crippen LogP contribution in [0.3, 0.4) is 0 Å². The molecule has 4 rings (SSSR count). The van der Waals surface area contributed by atoms with Crippen LogP contribution in [0.1, 0.15) is 27.0 Å². The number of carbonyl (C=O) groups excluding carboxylic acids is 2. The number of fused-ring (bicyclic) bond motifs is 1. The van der Waals surface area contributed by atoms with Crippen molar-refractivity contribution in [2.75, 3.05) is 32.7 Å². The van der Waals surface area contributed by atoms with Crippen LogP contribution < -0.4 is 5.32 Å². The van der Waals surface area contributed by atoms with Gasteiger partial charge in [-0.05, 0) is 55.0 Å². The molecule has 2 heterocycles. The normalized spacial score (nSPS) is 20.7. The highest BCUT2D eigenvalue weighted by Gasteiger charge is 2.41. The zero-order valence-corrected chi connectivity index (χ0v) is 19.3. The monoisotopic (exact) mass is 459 g/mol. The molecule has 0 saturated carbocycles. The van der Waals surface area contributed by atoms with Crippen LogP contribution in [-0.2, 0) is 11.3 Å². The molecule has 0 bridgehead atoms. The van der Waals surface area contributed by atoms with E-state index in [9.17, 15) is 9.59 Å². The Hall–Kier alpha value is -2.08. The Balaban J connectivity index is 1.26. The van der Waals surface area contributed by atoms with Gasteiger partial charge in [-0.1, -0.05) is 47.0 Å². The minimum Gasteiger partial charge on any atom is -0.343 e. The van der Waals surface area contributed by atoms with Gasteiger partial charge in [-0.15, -0.1) is 0 Å². The molecule has 31 heavy (non-hydrogen) atoms. The maximum Gasteiger partial charge on any atom is 0.251 e. The summed E-state index contributed by atoms with van der Waals surface area (Å²) in [4.78, 5) is 29.3. The Morgan fingerprint density at radius 2 is 1.68 bits per heavy atom. The summed E-state index contributed by atoms with van der Waals surface area (Å²) in [6, 6.07) is 11.3. The van der Waals surface area contributed by atoms with E-state index in [1.807, 2.05) is 4.90 Å². The first kappa shape index (κ1) is 22.1. The fraction of sp³-hybridized carbons (Fsp3) is 0.417. The summed E-state index contributed by atoms with van der Waals surface area (Å²) in [5, 5.41) is 3.41. The van der Waals surface area contributed by atoms with Crippen molar-refractivity contribution in [2.45, 2.75) is 20.4 Å². The Bertz CT molecular complexity index is 996. The van der Waals surface area contributed by atoms with Gasteiger partial charge in [0.2, 0.25) is 5.91 Å². The molecule has 2 aliphatic heterocycles. The first-order chi connectivity index (χ1) is 14.8. The van der Waals surface area contributed by atoms with Crippen molar-refractivity contribution >= 4 is 35.0 Å². The average Bonchev–Trinajstić information content (AvgIpc) is 3.29. The molecule has 5 nitrogen and oxygen atoms in total. The largest absolute Gasteiger partial charge is 0.343 e. The smallest absolute Gasteiger partial charge is 0.251 e. The Morgan fingerprint density at radius 1 is 0.968 bits per heavy atom. The molecule has 2 atom stereocenters. The fourth-order valence-corrected chi connectivity index (χ4v) is 4.99. The molecule has 0 aliphatic carbocycles. The van der Waals surface area contributed by atoms with Crippen molar-refractivity contribution in [1.29, 1.82) is 0 Å². The molecule has 0 radical (unpaired) electrons. The number of hydrogen-bond donors (Lipinski definition) is 1. The van der Waals surface area contributed by atoms with E-state index in [0.29, 0.717) is 27.4 Å². The highest BCUT2D eigenvalue weighted by atomic mass is 35.5. The highest BCUT2D eigenvalue weighted by molar-refractivity contribution is 6.42. The lowest BCUT2D eigenvalue weighted by Gasteiger charge is -2.22. The summed E-state index contributed by atoms with van der Waals surface area (Å²) in [5.41, 5.74) is 4.40. The third-order valence-corrected chi connectivity index (χ3v) is 7.13. The van der Waals surface area contributed by atoms with Crippen LogP contribution >= 0.6 is 23.2 Å². The van der Waals surface area contributed by atoms with Crippen LogP contribution in [0, 0.1) is 25.7 Å². The lowest BCUT2D eigenvalue weighted by Crippen LogP contribution is -2.40. The predicted molar refractivity (Wildman–Crippen MR) is 124 cm³/mol. The van der Waals surface area contributed by atoms with Gasteiger partial charge in [0.15, 0.2) is 0 Å². The second-order valence-corrected chi connectivity index (χ2v) is 9.57. The van der Waals surface area contributed by atoms with Crippen molar-refractivity contribution < 1.29 is 9.59 Å². The van der Waals surface area contributed by atoms with Gasteiger partial charge in [-0.2, -0.15) is 0 Å². The van der Waals surface area contributed by atoms with E-state index in [2.05, 4.69) is 42.3 Å². The maximum atomic E-state index is 12.6. The zero-order chi connectivity index (χ0) is 22.1. The van der Waals surface area contributed by atoms with E-state index in [0.717, 1.165) is 32.7 Å². The number of halogens is 2. The summed E-state index contributed by atoms with van der Waals surface area (Å²) < 4.78 is 0. The molecule has 1 N–H and O–H groups in total. The summed E-state index contributed by atoms with van der Waals surface area (Å²) >= 11 is 11.9. The van der Waals surface area contributed by atoms with E-state index < -0.39 is 0 Å². The van der Waals surface area contributed by atoms with Crippen LogP contribution in [0.2, 0.25) is 10.0 Å². The number of aryl methyl sites for hydroxylation is 2. The number of benzene rings is 2. The summed E-state index contributed by atoms with van der Waals surface area (Å²) in [7, 11) is 0. The van der Waals surface area contributed by atoms with Gasteiger partial charge in [0.25, 0.3) is 5.91 Å². The van der Waals surface area contributed by atoms with Gasteiger partial charge in [0, 0.05) is 38.3 Å². The lowest BCUT2D eigenvalue weighted by atomic mass is 10.0. The number of amides is 2. The van der Waals surface area contributed by atoms with Gasteiger partial charge >= 0.3 is 0 Å². The third kappa shape index (κ3) is 5.05. The molecule has 2 aromatic rings. The molecule has 2 amide bonds. The molecule has 2 unspecified atom stereocenters. The van der Waals surface area contributed by atoms with E-state index in [4.69, 9.17) is 23.2 Å². The molecule has 2 aromatic carbocycles. The van der Waals surface area contributed by atoms with Crippen LogP contribution in [-0.4, -0.2) is 54.3 Å². The molecule has 2 aliphatic rings. The minimum absolute atomic E-state index is 0.00913. The van der Waals surface area contributed by atoms with Crippen molar-refractivity contribution in [1.82, 2.24) is 15.1 Å². The maximum absolute atomic E-state index is 12.6. The van der Waals surface area contributed by atoms with Crippen molar-refractivity contribution in [3.05, 3.63) is 68.7 Å². The van der Waals surface area contributed by atoms with Gasteiger partial charge in [0.1, 0.15) is 0 Å². The predicted octanol–water partition coefficient (Wildman–Crippen LogP) is 3.93. The highest BCUT2D eigenvalue weighted by Crippen LogP contribution is 2.32. The molecule has 0 aromatic heterocycles. The number of hydrogen-bond acceptors (Lipinski definition) is 3. The topological polar surface area (TPSA) is 52.6 Å². The zero-order valence-electron chi connectivity index (χ0n) is 17.8. The molecule has 2 fully saturated rings. The number of rotatable bonds is 5. The Labute approximate surface area is 193 Å². The molecule has 2 saturated heterocycles. The van der Waals surface area contributed by atoms with Crippen LogP contribution in [0.25, 0.3) is 0 Å². The van der Waals surface area contributed by atoms with Gasteiger partial charge < -0.3 is 10.2 Å². The number of nitrogens with zero attached hydrogens (tertiary/aromatic N) is 2. The molecule has 164 valence electrons. The first-order valence-corrected chi connectivity index (χ1v) is 11.3. The molecule has 7 heteroatoms. The molecular weight excluding hydrogens is 433 g/mol. The second-order valence-electron chi connectivity index (χ2n) is 8.75. The van der Waals surface area contributed by atoms with E-state index >= 15 is 0 Å². The summed E-state index contributed by atoms with van der Waals surface area (Å²) in [6.45, 7) is 8.79. The summed E-state index contributed by atoms with van der Waals surface area (Å²) in [5.74, 6) is 0.635. The minimum atomic E-state index is -0.328. The van der Waals surface area contributed by atoms with E-state index in [1.54, 1.807) is 12.1 Å². The average molecular weight is 460 g/mol. The first-order valence-electron chi connectivity index (χ1n) is 10.6. The second kappa shape index (κ2) is 9.19. The number of nitrogens with one attached hydrogen (secondary N) is 1. The van der Waals surface area contributed by atoms with Gasteiger partial charge in [-0.3, -0.25) is 14.5 Å². The van der Waals surface area contributed by atoms with Crippen molar-refractivity contribution in [2.24, 2.45) is 11.8 Å². The Kier molecular flexibility index (Phi) is 6.56. The third-order valence-electron chi connectivity index (χ3n) is 6.39. The lowest BCUT2D eigenvalue weighted by molar-refractivity contribution is -0.129. The number of carbonyl (C=O) groups is 2. The van der Waals surface area contributed by atoms with E-state index in [1.165, 1.54) is 22.8 Å². The van der Waals surface area contributed by atoms with Crippen molar-refractivity contribution in [3.8, 4) is 0 Å². The number of likely N-dealkylation sites (tertiary alicyclic amines) is 2. The quantitative estimate of drug-likeness (QED) is 0.736. The molecular formula is C24H27Cl2N3O2. The SMILES string of the molecule is Cc1ccc(CN2CC3CN(C(=O)CNC(=O)c4ccc(Cl)c(Cl)c4)CC3C2)c(C)c1. The fourth-order valence-electron chi connectivity index (χ4n) is 4.69. The van der Waals surface area contributed by atoms with E-state index in [-0.39, 0.29) is 18.4 Å². The van der Waals surface area contributed by atoms with Gasteiger partial charge in [-0.25, -0.2) is 0 Å². The summed E-state index contributed by atoms with van der Waals surface area (Å²) in [6.07, 6.45) is 0. The van der Waals surface area contributed by atoms with Crippen LogP contribution in [0.4, 0.5) is 0 Å². The Morgan fingerprint density at radius 3 is 2.32 bits per heavy atom.